The zero-order chi connectivity index (χ0) is 18.9. The van der Waals surface area contributed by atoms with Crippen molar-refractivity contribution in [2.75, 3.05) is 27.2 Å². The molecule has 0 amide bonds. The van der Waals surface area contributed by atoms with Crippen molar-refractivity contribution in [2.24, 2.45) is 4.99 Å². The van der Waals surface area contributed by atoms with Crippen LogP contribution in [0.1, 0.15) is 24.2 Å². The van der Waals surface area contributed by atoms with E-state index in [1.54, 1.807) is 7.11 Å². The molecule has 5 nitrogen and oxygen atoms in total. The summed E-state index contributed by atoms with van der Waals surface area (Å²) in [6.07, 6.45) is -0.701. The number of nitrogens with one attached hydrogen (secondary N) is 1. The average Bonchev–Trinajstić information content (AvgIpc) is 2.66. The van der Waals surface area contributed by atoms with Gasteiger partial charge >= 0.3 is 0 Å². The minimum absolute atomic E-state index is 0. The highest BCUT2D eigenvalue weighted by Gasteiger charge is 2.12. The molecule has 1 atom stereocenters. The van der Waals surface area contributed by atoms with Crippen LogP contribution >= 0.6 is 35.6 Å². The third-order valence-corrected chi connectivity index (χ3v) is 4.32. The Kier molecular flexibility index (Phi) is 10.5. The Hall–Kier alpha value is -1.51. The number of hydrogen-bond donors (Lipinski definition) is 2. The zero-order valence-electron chi connectivity index (χ0n) is 15.9. The fourth-order valence-corrected chi connectivity index (χ4v) is 2.75. The predicted octanol–water partition coefficient (Wildman–Crippen LogP) is 4.10. The van der Waals surface area contributed by atoms with Crippen LogP contribution in [-0.4, -0.2) is 43.2 Å². The molecule has 0 bridgehead atoms. The second-order valence-electron chi connectivity index (χ2n) is 5.93. The summed E-state index contributed by atoms with van der Waals surface area (Å²) in [5, 5.41) is 14.4. The molecule has 0 saturated carbocycles. The number of guanidine groups is 1. The molecule has 0 spiro atoms. The molecule has 148 valence electrons. The third-order valence-electron chi connectivity index (χ3n) is 3.95. The molecule has 0 aliphatic carbocycles. The Morgan fingerprint density at radius 2 is 2.00 bits per heavy atom. The van der Waals surface area contributed by atoms with E-state index in [1.807, 2.05) is 67.4 Å². The topological polar surface area (TPSA) is 57.1 Å². The van der Waals surface area contributed by atoms with E-state index in [9.17, 15) is 5.11 Å². The normalized spacial score (nSPS) is 12.1. The first-order chi connectivity index (χ1) is 12.5. The van der Waals surface area contributed by atoms with Crippen molar-refractivity contribution >= 4 is 41.5 Å². The van der Waals surface area contributed by atoms with Gasteiger partial charge in [-0.1, -0.05) is 41.9 Å². The molecule has 2 rings (SSSR count). The summed E-state index contributed by atoms with van der Waals surface area (Å²) in [6.45, 7) is 3.63. The first-order valence-electron chi connectivity index (χ1n) is 8.60. The Morgan fingerprint density at radius 3 is 2.67 bits per heavy atom. The van der Waals surface area contributed by atoms with Crippen molar-refractivity contribution in [1.29, 1.82) is 0 Å². The molecule has 2 aromatic carbocycles. The number of aliphatic imine (C=N–C) groups is 1. The standard InChI is InChI=1S/C20H26ClN3O2.HI/c1-4-22-20(24(2)14-16-8-5-6-11-18(16)21)23-13-19(25)15-9-7-10-17(12-15)26-3;/h5-12,19,25H,4,13-14H2,1-3H3,(H,22,23);1H. The van der Waals surface area contributed by atoms with E-state index in [0.29, 0.717) is 12.3 Å². The van der Waals surface area contributed by atoms with Crippen LogP contribution in [-0.2, 0) is 6.54 Å². The highest BCUT2D eigenvalue weighted by molar-refractivity contribution is 14.0. The first kappa shape index (κ1) is 23.5. The second kappa shape index (κ2) is 12.0. The van der Waals surface area contributed by atoms with Gasteiger partial charge < -0.3 is 20.1 Å². The van der Waals surface area contributed by atoms with Crippen LogP contribution in [0.5, 0.6) is 5.75 Å². The largest absolute Gasteiger partial charge is 0.497 e. The van der Waals surface area contributed by atoms with E-state index in [2.05, 4.69) is 10.3 Å². The highest BCUT2D eigenvalue weighted by atomic mass is 127. The molecule has 2 aromatic rings. The van der Waals surface area contributed by atoms with E-state index in [0.717, 1.165) is 28.7 Å². The predicted molar refractivity (Wildman–Crippen MR) is 122 cm³/mol. The van der Waals surface area contributed by atoms with Crippen molar-refractivity contribution < 1.29 is 9.84 Å². The number of halogens is 2. The molecule has 0 heterocycles. The molecule has 1 unspecified atom stereocenters. The quantitative estimate of drug-likeness (QED) is 0.339. The van der Waals surface area contributed by atoms with Crippen molar-refractivity contribution in [3.05, 3.63) is 64.7 Å². The Morgan fingerprint density at radius 1 is 1.26 bits per heavy atom. The maximum absolute atomic E-state index is 10.4. The smallest absolute Gasteiger partial charge is 0.194 e. The monoisotopic (exact) mass is 503 g/mol. The third kappa shape index (κ3) is 7.20. The average molecular weight is 504 g/mol. The molecule has 7 heteroatoms. The summed E-state index contributed by atoms with van der Waals surface area (Å²) in [5.41, 5.74) is 1.80. The number of aliphatic hydroxyl groups is 1. The molecule has 2 N–H and O–H groups in total. The van der Waals surface area contributed by atoms with Gasteiger partial charge in [0.1, 0.15) is 5.75 Å². The van der Waals surface area contributed by atoms with E-state index < -0.39 is 6.10 Å². The lowest BCUT2D eigenvalue weighted by molar-refractivity contribution is 0.186. The number of aliphatic hydroxyl groups excluding tert-OH is 1. The van der Waals surface area contributed by atoms with Gasteiger partial charge in [-0.2, -0.15) is 0 Å². The van der Waals surface area contributed by atoms with Crippen molar-refractivity contribution in [3.8, 4) is 5.75 Å². The van der Waals surface area contributed by atoms with Crippen LogP contribution in [0.3, 0.4) is 0 Å². The molecular weight excluding hydrogens is 477 g/mol. The fraction of sp³-hybridized carbons (Fsp3) is 0.350. The van der Waals surface area contributed by atoms with E-state index >= 15 is 0 Å². The number of hydrogen-bond acceptors (Lipinski definition) is 3. The highest BCUT2D eigenvalue weighted by Crippen LogP contribution is 2.20. The van der Waals surface area contributed by atoms with Gasteiger partial charge in [-0.3, -0.25) is 4.99 Å². The molecule has 0 aliphatic heterocycles. The number of methoxy groups -OCH3 is 1. The summed E-state index contributed by atoms with van der Waals surface area (Å²) in [6, 6.07) is 15.1. The summed E-state index contributed by atoms with van der Waals surface area (Å²) in [4.78, 5) is 6.56. The van der Waals surface area contributed by atoms with Gasteiger partial charge in [-0.15, -0.1) is 24.0 Å². The zero-order valence-corrected chi connectivity index (χ0v) is 18.9. The van der Waals surface area contributed by atoms with Gasteiger partial charge in [0.2, 0.25) is 0 Å². The van der Waals surface area contributed by atoms with Gasteiger partial charge in [0.05, 0.1) is 19.8 Å². The molecular formula is C20H27ClIN3O2. The Balaban J connectivity index is 0.00000364. The van der Waals surface area contributed by atoms with E-state index in [-0.39, 0.29) is 30.5 Å². The maximum atomic E-state index is 10.4. The molecule has 0 fully saturated rings. The van der Waals surface area contributed by atoms with Gasteiger partial charge in [0, 0.05) is 25.2 Å². The Bertz CT molecular complexity index is 743. The number of benzene rings is 2. The van der Waals surface area contributed by atoms with E-state index in [1.165, 1.54) is 0 Å². The molecule has 0 aromatic heterocycles. The minimum Gasteiger partial charge on any atom is -0.497 e. The number of nitrogens with zero attached hydrogens (tertiary/aromatic N) is 2. The molecule has 27 heavy (non-hydrogen) atoms. The van der Waals surface area contributed by atoms with Crippen LogP contribution in [0, 0.1) is 0 Å². The lowest BCUT2D eigenvalue weighted by Crippen LogP contribution is -2.38. The van der Waals surface area contributed by atoms with Gasteiger partial charge in [0.15, 0.2) is 5.96 Å². The summed E-state index contributed by atoms with van der Waals surface area (Å²) < 4.78 is 5.20. The van der Waals surface area contributed by atoms with Crippen LogP contribution in [0.15, 0.2) is 53.5 Å². The summed E-state index contributed by atoms with van der Waals surface area (Å²) in [5.74, 6) is 1.43. The Labute approximate surface area is 183 Å². The lowest BCUT2D eigenvalue weighted by atomic mass is 10.1. The van der Waals surface area contributed by atoms with Crippen molar-refractivity contribution in [3.63, 3.8) is 0 Å². The summed E-state index contributed by atoms with van der Waals surface area (Å²) >= 11 is 6.25. The van der Waals surface area contributed by atoms with Crippen LogP contribution in [0.2, 0.25) is 5.02 Å². The van der Waals surface area contributed by atoms with Crippen LogP contribution in [0.4, 0.5) is 0 Å². The van der Waals surface area contributed by atoms with Gasteiger partial charge in [-0.05, 0) is 36.2 Å². The summed E-state index contributed by atoms with van der Waals surface area (Å²) in [7, 11) is 3.55. The van der Waals surface area contributed by atoms with Crippen molar-refractivity contribution in [1.82, 2.24) is 10.2 Å². The van der Waals surface area contributed by atoms with E-state index in [4.69, 9.17) is 16.3 Å². The number of ether oxygens (including phenoxy) is 1. The second-order valence-corrected chi connectivity index (χ2v) is 6.34. The lowest BCUT2D eigenvalue weighted by Gasteiger charge is -2.23. The van der Waals surface area contributed by atoms with Gasteiger partial charge in [-0.25, -0.2) is 0 Å². The SMILES string of the molecule is CCNC(=NCC(O)c1cccc(OC)c1)N(C)Cc1ccccc1Cl.I. The molecule has 0 radical (unpaired) electrons. The van der Waals surface area contributed by atoms with Gasteiger partial charge in [0.25, 0.3) is 0 Å². The van der Waals surface area contributed by atoms with Crippen molar-refractivity contribution in [2.45, 2.75) is 19.6 Å². The van der Waals surface area contributed by atoms with Crippen LogP contribution < -0.4 is 10.1 Å². The molecule has 0 aliphatic rings. The maximum Gasteiger partial charge on any atom is 0.194 e. The first-order valence-corrected chi connectivity index (χ1v) is 8.97. The number of rotatable bonds is 7. The van der Waals surface area contributed by atoms with Crippen LogP contribution in [0.25, 0.3) is 0 Å². The fourth-order valence-electron chi connectivity index (χ4n) is 2.55. The molecule has 0 saturated heterocycles. The minimum atomic E-state index is -0.701.